The predicted molar refractivity (Wildman–Crippen MR) is 71.5 cm³/mol. The van der Waals surface area contributed by atoms with Crippen LogP contribution in [0.3, 0.4) is 0 Å². The van der Waals surface area contributed by atoms with Crippen molar-refractivity contribution >= 4 is 18.0 Å². The van der Waals surface area contributed by atoms with E-state index in [0.717, 1.165) is 24.9 Å². The van der Waals surface area contributed by atoms with Crippen LogP contribution in [-0.4, -0.2) is 6.21 Å². The zero-order valence-corrected chi connectivity index (χ0v) is 9.74. The van der Waals surface area contributed by atoms with Crippen molar-refractivity contribution < 1.29 is 0 Å². The van der Waals surface area contributed by atoms with Gasteiger partial charge in [-0.15, -0.1) is 0 Å². The molecule has 82 valence electrons. The van der Waals surface area contributed by atoms with Crippen molar-refractivity contribution in [3.05, 3.63) is 47.6 Å². The molecule has 0 fully saturated rings. The Balaban J connectivity index is 2.56. The molecule has 0 atom stereocenters. The maximum atomic E-state index is 4.45. The number of fused-ring (bicyclic) bond motifs is 1. The third kappa shape index (κ3) is 1.99. The van der Waals surface area contributed by atoms with Crippen LogP contribution in [0.15, 0.2) is 35.9 Å². The first-order valence-corrected chi connectivity index (χ1v) is 5.83. The van der Waals surface area contributed by atoms with Gasteiger partial charge < -0.3 is 0 Å². The molecular formula is C15H17N. The lowest BCUT2D eigenvalue weighted by molar-refractivity contribution is 1.00. The second-order valence-corrected chi connectivity index (χ2v) is 3.93. The van der Waals surface area contributed by atoms with Gasteiger partial charge in [-0.25, -0.2) is 0 Å². The average molecular weight is 211 g/mol. The van der Waals surface area contributed by atoms with Crippen molar-refractivity contribution in [3.8, 4) is 0 Å². The van der Waals surface area contributed by atoms with E-state index >= 15 is 0 Å². The molecule has 1 aromatic carbocycles. The molecule has 0 unspecified atom stereocenters. The lowest BCUT2D eigenvalue weighted by Gasteiger charge is -2.16. The summed E-state index contributed by atoms with van der Waals surface area (Å²) in [6.07, 6.45) is 11.2. The van der Waals surface area contributed by atoms with Crippen LogP contribution in [0, 0.1) is 0 Å². The first-order valence-electron chi connectivity index (χ1n) is 5.83. The van der Waals surface area contributed by atoms with Gasteiger partial charge in [-0.1, -0.05) is 37.8 Å². The van der Waals surface area contributed by atoms with Crippen LogP contribution in [-0.2, 0) is 12.8 Å². The van der Waals surface area contributed by atoms with Crippen molar-refractivity contribution in [2.24, 2.45) is 4.99 Å². The number of aryl methyl sites for hydroxylation is 1. The normalized spacial score (nSPS) is 14.1. The van der Waals surface area contributed by atoms with Crippen molar-refractivity contribution in [1.82, 2.24) is 0 Å². The molecule has 0 saturated heterocycles. The van der Waals surface area contributed by atoms with Gasteiger partial charge in [0.2, 0.25) is 0 Å². The van der Waals surface area contributed by atoms with E-state index < -0.39 is 0 Å². The molecule has 0 bridgehead atoms. The minimum Gasteiger partial charge on any atom is -0.261 e. The molecule has 1 heterocycles. The van der Waals surface area contributed by atoms with Gasteiger partial charge in [0.15, 0.2) is 0 Å². The highest BCUT2D eigenvalue weighted by atomic mass is 14.7. The monoisotopic (exact) mass is 211 g/mol. The van der Waals surface area contributed by atoms with Crippen molar-refractivity contribution in [2.45, 2.75) is 26.2 Å². The van der Waals surface area contributed by atoms with Crippen LogP contribution in [0.25, 0.3) is 6.08 Å². The Morgan fingerprint density at radius 1 is 1.44 bits per heavy atom. The quantitative estimate of drug-likeness (QED) is 0.667. The molecule has 1 nitrogen and oxygen atoms in total. The zero-order valence-electron chi connectivity index (χ0n) is 9.74. The first-order chi connectivity index (χ1) is 7.86. The van der Waals surface area contributed by atoms with Gasteiger partial charge in [0, 0.05) is 6.21 Å². The number of hydrogen-bond acceptors (Lipinski definition) is 1. The van der Waals surface area contributed by atoms with Gasteiger partial charge in [0.05, 0.1) is 5.69 Å². The molecule has 0 spiro atoms. The van der Waals surface area contributed by atoms with Crippen LogP contribution in [0.4, 0.5) is 5.69 Å². The molecule has 1 aromatic rings. The summed E-state index contributed by atoms with van der Waals surface area (Å²) >= 11 is 0. The van der Waals surface area contributed by atoms with E-state index in [1.807, 2.05) is 18.4 Å². The molecule has 0 saturated carbocycles. The lowest BCUT2D eigenvalue weighted by Crippen LogP contribution is -2.00. The molecule has 0 aromatic heterocycles. The number of benzene rings is 1. The van der Waals surface area contributed by atoms with E-state index in [2.05, 4.69) is 36.7 Å². The Kier molecular flexibility index (Phi) is 3.35. The van der Waals surface area contributed by atoms with E-state index in [1.54, 1.807) is 0 Å². The number of aliphatic imine (C=N–C) groups is 1. The SMILES string of the molecule is C=C/C=C\c1c(CC)ccc2c1CCC=N2. The van der Waals surface area contributed by atoms with E-state index in [4.69, 9.17) is 0 Å². The smallest absolute Gasteiger partial charge is 0.0663 e. The zero-order chi connectivity index (χ0) is 11.4. The molecule has 1 heteroatoms. The Morgan fingerprint density at radius 3 is 3.06 bits per heavy atom. The minimum atomic E-state index is 1.05. The molecule has 0 amide bonds. The first kappa shape index (κ1) is 10.9. The van der Waals surface area contributed by atoms with Crippen LogP contribution >= 0.6 is 0 Å². The molecule has 0 radical (unpaired) electrons. The fraction of sp³-hybridized carbons (Fsp3) is 0.267. The lowest BCUT2D eigenvalue weighted by atomic mass is 9.93. The number of hydrogen-bond donors (Lipinski definition) is 0. The van der Waals surface area contributed by atoms with E-state index in [-0.39, 0.29) is 0 Å². The standard InChI is InChI=1S/C15H17N/c1-3-5-7-13-12(4-2)9-10-15-14(13)8-6-11-16-15/h3,5,7,9-11H,1,4,6,8H2,2H3/b7-5-. The molecule has 0 N–H and O–H groups in total. The minimum absolute atomic E-state index is 1.05. The molecule has 0 aliphatic carbocycles. The molecular weight excluding hydrogens is 194 g/mol. The highest BCUT2D eigenvalue weighted by Crippen LogP contribution is 2.30. The van der Waals surface area contributed by atoms with E-state index in [1.165, 1.54) is 16.7 Å². The van der Waals surface area contributed by atoms with Crippen LogP contribution in [0.2, 0.25) is 0 Å². The van der Waals surface area contributed by atoms with E-state index in [0.29, 0.717) is 0 Å². The second kappa shape index (κ2) is 4.93. The number of nitrogens with zero attached hydrogens (tertiary/aromatic N) is 1. The molecule has 2 rings (SSSR count). The summed E-state index contributed by atoms with van der Waals surface area (Å²) in [5.41, 5.74) is 5.26. The van der Waals surface area contributed by atoms with Gasteiger partial charge in [-0.05, 0) is 42.0 Å². The maximum absolute atomic E-state index is 4.45. The van der Waals surface area contributed by atoms with Gasteiger partial charge in [-0.2, -0.15) is 0 Å². The van der Waals surface area contributed by atoms with Crippen molar-refractivity contribution in [3.63, 3.8) is 0 Å². The van der Waals surface area contributed by atoms with Gasteiger partial charge in [0.1, 0.15) is 0 Å². The van der Waals surface area contributed by atoms with Crippen LogP contribution in [0.5, 0.6) is 0 Å². The number of rotatable bonds is 3. The van der Waals surface area contributed by atoms with Crippen molar-refractivity contribution in [2.75, 3.05) is 0 Å². The fourth-order valence-electron chi connectivity index (χ4n) is 2.14. The summed E-state index contributed by atoms with van der Waals surface area (Å²) in [4.78, 5) is 4.45. The Hall–Kier alpha value is -1.63. The number of allylic oxidation sites excluding steroid dienone is 2. The highest BCUT2D eigenvalue weighted by molar-refractivity contribution is 5.74. The predicted octanol–water partition coefficient (Wildman–Crippen LogP) is 4.10. The third-order valence-electron chi connectivity index (χ3n) is 2.96. The topological polar surface area (TPSA) is 12.4 Å². The van der Waals surface area contributed by atoms with Crippen molar-refractivity contribution in [1.29, 1.82) is 0 Å². The summed E-state index contributed by atoms with van der Waals surface area (Å²) in [7, 11) is 0. The van der Waals surface area contributed by atoms with Gasteiger partial charge >= 0.3 is 0 Å². The maximum Gasteiger partial charge on any atom is 0.0663 e. The van der Waals surface area contributed by atoms with Crippen LogP contribution in [0.1, 0.15) is 30.0 Å². The summed E-state index contributed by atoms with van der Waals surface area (Å²) in [6.45, 7) is 5.92. The Morgan fingerprint density at radius 2 is 2.31 bits per heavy atom. The summed E-state index contributed by atoms with van der Waals surface area (Å²) < 4.78 is 0. The Bertz CT molecular complexity index is 453. The summed E-state index contributed by atoms with van der Waals surface area (Å²) in [5, 5.41) is 0. The molecule has 1 aliphatic heterocycles. The molecule has 16 heavy (non-hydrogen) atoms. The summed E-state index contributed by atoms with van der Waals surface area (Å²) in [5.74, 6) is 0. The van der Waals surface area contributed by atoms with E-state index in [9.17, 15) is 0 Å². The largest absolute Gasteiger partial charge is 0.261 e. The van der Waals surface area contributed by atoms with Gasteiger partial charge in [-0.3, -0.25) is 4.99 Å². The Labute approximate surface area is 97.2 Å². The summed E-state index contributed by atoms with van der Waals surface area (Å²) in [6, 6.07) is 4.32. The third-order valence-corrected chi connectivity index (χ3v) is 2.96. The highest BCUT2D eigenvalue weighted by Gasteiger charge is 2.11. The second-order valence-electron chi connectivity index (χ2n) is 3.93. The van der Waals surface area contributed by atoms with Crippen LogP contribution < -0.4 is 0 Å². The fourth-order valence-corrected chi connectivity index (χ4v) is 2.14. The average Bonchev–Trinajstić information content (AvgIpc) is 2.35. The molecule has 1 aliphatic rings. The van der Waals surface area contributed by atoms with Gasteiger partial charge in [0.25, 0.3) is 0 Å².